The average Bonchev–Trinajstić information content (AvgIpc) is 2.99. The van der Waals surface area contributed by atoms with Gasteiger partial charge in [-0.25, -0.2) is 9.97 Å². The number of phosphoric acid groups is 1. The van der Waals surface area contributed by atoms with E-state index in [1.54, 1.807) is 0 Å². The van der Waals surface area contributed by atoms with Gasteiger partial charge in [0.05, 0.1) is 19.0 Å². The number of phosphoric ester groups is 1. The zero-order valence-corrected chi connectivity index (χ0v) is 13.6. The summed E-state index contributed by atoms with van der Waals surface area (Å²) in [6.07, 6.45) is -1.10. The molecule has 10 nitrogen and oxygen atoms in total. The second kappa shape index (κ2) is 6.23. The Bertz CT molecular complexity index is 782. The molecule has 2 N–H and O–H groups in total. The van der Waals surface area contributed by atoms with Crippen LogP contribution in [0.4, 0.5) is 0 Å². The molecule has 0 aliphatic carbocycles. The molecule has 0 amide bonds. The van der Waals surface area contributed by atoms with Crippen LogP contribution in [0.15, 0.2) is 6.33 Å². The third kappa shape index (κ3) is 3.65. The molecule has 3 heterocycles. The van der Waals surface area contributed by atoms with E-state index in [4.69, 9.17) is 32.8 Å². The zero-order chi connectivity index (χ0) is 16.8. The fourth-order valence-corrected chi connectivity index (χ4v) is 3.03. The standard InChI is InChI=1S/C10H11Cl2N4O6P/c11-8-7-9(15-10(12)14-8)16(3-13-7)6-1-4(17)5(22-6)2-21-23(18,19)20/h3-6,17H,1-2H2,(H2,18,19,20)/p-1/t4?,5-,6-/m1/s1. The molecular weight excluding hydrogens is 374 g/mol. The van der Waals surface area contributed by atoms with Gasteiger partial charge < -0.3 is 24.2 Å². The molecule has 1 saturated heterocycles. The van der Waals surface area contributed by atoms with Crippen LogP contribution < -0.4 is 4.89 Å². The number of aliphatic hydroxyl groups excluding tert-OH is 1. The van der Waals surface area contributed by atoms with Crippen LogP contribution >= 0.6 is 31.0 Å². The smallest absolute Gasteiger partial charge is 0.265 e. The summed E-state index contributed by atoms with van der Waals surface area (Å²) in [6, 6.07) is 0. The number of aliphatic hydroxyl groups is 1. The van der Waals surface area contributed by atoms with Gasteiger partial charge in [-0.05, 0) is 11.6 Å². The molecule has 1 aliphatic rings. The number of halogens is 2. The molecule has 0 aromatic carbocycles. The Morgan fingerprint density at radius 3 is 2.96 bits per heavy atom. The minimum absolute atomic E-state index is 0.0738. The molecular formula is C10H10Cl2N4O6P-. The molecule has 2 unspecified atom stereocenters. The van der Waals surface area contributed by atoms with Crippen molar-refractivity contribution in [2.45, 2.75) is 24.9 Å². The first-order chi connectivity index (χ1) is 10.7. The van der Waals surface area contributed by atoms with Crippen molar-refractivity contribution in [1.29, 1.82) is 0 Å². The Hall–Kier alpha value is -0.840. The first-order valence-corrected chi connectivity index (χ1v) is 8.57. The largest absolute Gasteiger partial charge is 0.756 e. The van der Waals surface area contributed by atoms with Crippen LogP contribution in [-0.4, -0.2) is 48.3 Å². The number of ether oxygens (including phenoxy) is 1. The normalized spacial score (nSPS) is 27.4. The SMILES string of the molecule is O=P([O-])(O)OC[C@H]1O[C@@H](n2cnc3c(Cl)nc(Cl)nc32)CC1O. The second-order valence-corrected chi connectivity index (χ2v) is 6.70. The van der Waals surface area contributed by atoms with Crippen LogP contribution in [-0.2, 0) is 13.8 Å². The van der Waals surface area contributed by atoms with E-state index in [1.807, 2.05) is 0 Å². The predicted octanol–water partition coefficient (Wildman–Crippen LogP) is 0.259. The van der Waals surface area contributed by atoms with Crippen LogP contribution in [0.2, 0.25) is 10.4 Å². The maximum atomic E-state index is 10.6. The summed E-state index contributed by atoms with van der Waals surface area (Å²) in [6.45, 7) is -0.516. The lowest BCUT2D eigenvalue weighted by Gasteiger charge is -2.20. The summed E-state index contributed by atoms with van der Waals surface area (Å²) < 4.78 is 21.9. The summed E-state index contributed by atoms with van der Waals surface area (Å²) >= 11 is 11.7. The van der Waals surface area contributed by atoms with Crippen molar-refractivity contribution in [2.24, 2.45) is 0 Å². The minimum Gasteiger partial charge on any atom is -0.756 e. The summed E-state index contributed by atoms with van der Waals surface area (Å²) in [5, 5.41) is 9.94. The van der Waals surface area contributed by atoms with E-state index < -0.39 is 32.9 Å². The predicted molar refractivity (Wildman–Crippen MR) is 75.7 cm³/mol. The maximum Gasteiger partial charge on any atom is 0.265 e. The van der Waals surface area contributed by atoms with E-state index in [0.29, 0.717) is 11.2 Å². The van der Waals surface area contributed by atoms with Crippen molar-refractivity contribution in [2.75, 3.05) is 6.61 Å². The molecule has 1 fully saturated rings. The molecule has 23 heavy (non-hydrogen) atoms. The van der Waals surface area contributed by atoms with Crippen LogP contribution in [0.25, 0.3) is 11.2 Å². The van der Waals surface area contributed by atoms with E-state index in [-0.39, 0.29) is 16.9 Å². The zero-order valence-electron chi connectivity index (χ0n) is 11.2. The summed E-state index contributed by atoms with van der Waals surface area (Å²) in [4.78, 5) is 31.1. The van der Waals surface area contributed by atoms with Gasteiger partial charge in [-0.3, -0.25) is 9.13 Å². The summed E-state index contributed by atoms with van der Waals surface area (Å²) in [7, 11) is -4.89. The molecule has 0 spiro atoms. The van der Waals surface area contributed by atoms with Crippen molar-refractivity contribution in [3.05, 3.63) is 16.8 Å². The van der Waals surface area contributed by atoms with E-state index in [0.717, 1.165) is 0 Å². The minimum atomic E-state index is -4.89. The first kappa shape index (κ1) is 17.0. The fraction of sp³-hybridized carbons (Fsp3) is 0.500. The second-order valence-electron chi connectivity index (χ2n) is 4.80. The molecule has 126 valence electrons. The lowest BCUT2D eigenvalue weighted by atomic mass is 10.2. The molecule has 1 aliphatic heterocycles. The number of hydrogen-bond acceptors (Lipinski definition) is 8. The maximum absolute atomic E-state index is 10.6. The highest BCUT2D eigenvalue weighted by molar-refractivity contribution is 7.44. The molecule has 2 aromatic rings. The van der Waals surface area contributed by atoms with Gasteiger partial charge in [0, 0.05) is 6.42 Å². The Morgan fingerprint density at radius 1 is 1.52 bits per heavy atom. The number of rotatable bonds is 4. The van der Waals surface area contributed by atoms with E-state index in [1.165, 1.54) is 10.9 Å². The molecule has 13 heteroatoms. The van der Waals surface area contributed by atoms with Crippen LogP contribution in [0.5, 0.6) is 0 Å². The van der Waals surface area contributed by atoms with Gasteiger partial charge in [0.15, 0.2) is 10.8 Å². The van der Waals surface area contributed by atoms with Gasteiger partial charge in [0.25, 0.3) is 7.82 Å². The molecule has 0 bridgehead atoms. The molecule has 2 aromatic heterocycles. The van der Waals surface area contributed by atoms with Gasteiger partial charge in [0.1, 0.15) is 17.8 Å². The fourth-order valence-electron chi connectivity index (χ4n) is 2.27. The van der Waals surface area contributed by atoms with Crippen molar-refractivity contribution >= 4 is 42.2 Å². The lowest BCUT2D eigenvalue weighted by molar-refractivity contribution is -0.222. The van der Waals surface area contributed by atoms with Gasteiger partial charge in [-0.1, -0.05) is 11.6 Å². The number of nitrogens with zero attached hydrogens (tertiary/aromatic N) is 4. The van der Waals surface area contributed by atoms with Crippen molar-refractivity contribution in [3.63, 3.8) is 0 Å². The summed E-state index contributed by atoms with van der Waals surface area (Å²) in [5.74, 6) is 0. The van der Waals surface area contributed by atoms with Crippen LogP contribution in [0, 0.1) is 0 Å². The van der Waals surface area contributed by atoms with E-state index in [2.05, 4.69) is 19.5 Å². The number of fused-ring (bicyclic) bond motifs is 1. The first-order valence-electron chi connectivity index (χ1n) is 6.32. The van der Waals surface area contributed by atoms with Crippen LogP contribution in [0.1, 0.15) is 12.6 Å². The van der Waals surface area contributed by atoms with Crippen molar-refractivity contribution < 1.29 is 28.7 Å². The highest BCUT2D eigenvalue weighted by Crippen LogP contribution is 2.36. The molecule has 3 rings (SSSR count). The van der Waals surface area contributed by atoms with Crippen molar-refractivity contribution in [1.82, 2.24) is 19.5 Å². The average molecular weight is 384 g/mol. The quantitative estimate of drug-likeness (QED) is 0.431. The van der Waals surface area contributed by atoms with Gasteiger partial charge in [-0.2, -0.15) is 4.98 Å². The Morgan fingerprint density at radius 2 is 2.26 bits per heavy atom. The topological polar surface area (TPSA) is 143 Å². The van der Waals surface area contributed by atoms with Gasteiger partial charge in [-0.15, -0.1) is 0 Å². The molecule has 0 saturated carbocycles. The highest BCUT2D eigenvalue weighted by atomic mass is 35.5. The number of imidazole rings is 1. The Kier molecular flexibility index (Phi) is 4.60. The van der Waals surface area contributed by atoms with Gasteiger partial charge in [0.2, 0.25) is 5.28 Å². The third-order valence-electron chi connectivity index (χ3n) is 3.27. The third-order valence-corrected chi connectivity index (χ3v) is 4.18. The Labute approximate surface area is 139 Å². The van der Waals surface area contributed by atoms with Crippen molar-refractivity contribution in [3.8, 4) is 0 Å². The number of aromatic nitrogens is 4. The van der Waals surface area contributed by atoms with E-state index >= 15 is 0 Å². The lowest BCUT2D eigenvalue weighted by Crippen LogP contribution is -2.26. The summed E-state index contributed by atoms with van der Waals surface area (Å²) in [5.41, 5.74) is 0.624. The number of hydrogen-bond donors (Lipinski definition) is 2. The Balaban J connectivity index is 1.82. The highest BCUT2D eigenvalue weighted by Gasteiger charge is 2.36. The molecule has 0 radical (unpaired) electrons. The van der Waals surface area contributed by atoms with Crippen LogP contribution in [0.3, 0.4) is 0 Å². The molecule has 4 atom stereocenters. The van der Waals surface area contributed by atoms with E-state index in [9.17, 15) is 14.6 Å². The van der Waals surface area contributed by atoms with Gasteiger partial charge >= 0.3 is 0 Å². The monoisotopic (exact) mass is 383 g/mol.